The van der Waals surface area contributed by atoms with Gasteiger partial charge in [0.2, 0.25) is 0 Å². The van der Waals surface area contributed by atoms with Crippen LogP contribution in [0.4, 0.5) is 0 Å². The second-order valence-corrected chi connectivity index (χ2v) is 1.60. The zero-order chi connectivity index (χ0) is 6.73. The number of hydrogen-bond acceptors (Lipinski definition) is 3. The second kappa shape index (κ2) is 8.49. The summed E-state index contributed by atoms with van der Waals surface area (Å²) in [5, 5.41) is 16.6. The summed E-state index contributed by atoms with van der Waals surface area (Å²) in [6.45, 7) is 1.33. The Morgan fingerprint density at radius 2 is 1.90 bits per heavy atom. The van der Waals surface area contributed by atoms with E-state index in [9.17, 15) is 4.79 Å². The maximum Gasteiger partial charge on any atom is 1.00 e. The molecule has 0 aromatic carbocycles. The average molecular weight is 167 g/mol. The molecule has 0 amide bonds. The molecule has 0 bridgehead atoms. The Hall–Kier alpha value is 1.39. The Labute approximate surface area is 107 Å². The molecule has 0 rings (SSSR count). The molecule has 0 saturated heterocycles. The molecule has 0 aliphatic heterocycles. The van der Waals surface area contributed by atoms with Gasteiger partial charge in [-0.05, 0) is 6.92 Å². The Balaban J connectivity index is -0.0000000408. The van der Waals surface area contributed by atoms with Crippen molar-refractivity contribution in [2.45, 2.75) is 19.1 Å². The second-order valence-electron chi connectivity index (χ2n) is 1.60. The Bertz CT molecular complexity index is 106. The summed E-state index contributed by atoms with van der Waals surface area (Å²) in [7, 11) is 0. The molecule has 10 heavy (non-hydrogen) atoms. The molecule has 4 nitrogen and oxygen atoms in total. The van der Waals surface area contributed by atoms with Crippen LogP contribution in [0.25, 0.3) is 0 Å². The van der Waals surface area contributed by atoms with Crippen molar-refractivity contribution in [2.75, 3.05) is 0 Å². The van der Waals surface area contributed by atoms with Crippen LogP contribution in [-0.4, -0.2) is 28.3 Å². The molecule has 0 fully saturated rings. The van der Waals surface area contributed by atoms with Crippen molar-refractivity contribution in [3.8, 4) is 0 Å². The summed E-state index contributed by atoms with van der Waals surface area (Å²) in [6.07, 6.45) is -0.979. The third-order valence-electron chi connectivity index (χ3n) is 0.805. The first-order chi connectivity index (χ1) is 3.55. The molecular formula is C4H11NNa2O3. The molecule has 2 unspecified atom stereocenters. The normalized spacial score (nSPS) is 13.9. The van der Waals surface area contributed by atoms with Gasteiger partial charge in [-0.25, -0.2) is 0 Å². The predicted octanol–water partition coefficient (Wildman–Crippen LogP) is -6.99. The fourth-order valence-electron chi connectivity index (χ4n) is 0.206. The summed E-state index contributed by atoms with van der Waals surface area (Å²) in [5.41, 5.74) is 4.91. The SMILES string of the molecule is CC(O)C(N)C(=O)O.[H-].[H-].[Na+].[Na+]. The van der Waals surface area contributed by atoms with E-state index in [1.54, 1.807) is 0 Å². The standard InChI is InChI=1S/C4H9NO3.2Na.2H/c1-2(6)3(5)4(7)8;;;;/h2-3,6H,5H2,1H3,(H,7,8);;;;/q;2*+1;2*-1. The van der Waals surface area contributed by atoms with Gasteiger partial charge in [-0.3, -0.25) is 4.79 Å². The van der Waals surface area contributed by atoms with Gasteiger partial charge in [0.25, 0.3) is 0 Å². The molecule has 0 aliphatic rings. The van der Waals surface area contributed by atoms with Crippen molar-refractivity contribution >= 4 is 5.97 Å². The predicted molar refractivity (Wildman–Crippen MR) is 29.5 cm³/mol. The molecule has 0 radical (unpaired) electrons. The average Bonchev–Trinajstić information content (AvgIpc) is 1.64. The topological polar surface area (TPSA) is 83.5 Å². The van der Waals surface area contributed by atoms with Crippen LogP contribution in [0.5, 0.6) is 0 Å². The molecule has 52 valence electrons. The van der Waals surface area contributed by atoms with Gasteiger partial charge < -0.3 is 18.8 Å². The number of hydrogen-bond donors (Lipinski definition) is 3. The summed E-state index contributed by atoms with van der Waals surface area (Å²) in [6, 6.07) is -1.16. The van der Waals surface area contributed by atoms with E-state index in [1.165, 1.54) is 6.92 Å². The first-order valence-electron chi connectivity index (χ1n) is 2.22. The molecule has 0 spiro atoms. The van der Waals surface area contributed by atoms with Crippen molar-refractivity contribution in [3.05, 3.63) is 0 Å². The molecule has 0 aromatic heterocycles. The number of nitrogens with two attached hydrogens (primary N) is 1. The smallest absolute Gasteiger partial charge is 1.00 e. The van der Waals surface area contributed by atoms with Crippen molar-refractivity contribution in [1.29, 1.82) is 0 Å². The van der Waals surface area contributed by atoms with Crippen molar-refractivity contribution in [1.82, 2.24) is 0 Å². The van der Waals surface area contributed by atoms with E-state index in [0.717, 1.165) is 0 Å². The van der Waals surface area contributed by atoms with E-state index in [2.05, 4.69) is 0 Å². The van der Waals surface area contributed by atoms with Crippen molar-refractivity contribution < 1.29 is 77.0 Å². The van der Waals surface area contributed by atoms with Gasteiger partial charge in [-0.1, -0.05) is 0 Å². The maximum atomic E-state index is 9.86. The minimum atomic E-state index is -1.18. The first-order valence-corrected chi connectivity index (χ1v) is 2.22. The third-order valence-corrected chi connectivity index (χ3v) is 0.805. The van der Waals surface area contributed by atoms with Crippen LogP contribution in [0.2, 0.25) is 0 Å². The summed E-state index contributed by atoms with van der Waals surface area (Å²) in [4.78, 5) is 9.86. The van der Waals surface area contributed by atoms with Crippen molar-refractivity contribution in [3.63, 3.8) is 0 Å². The fraction of sp³-hybridized carbons (Fsp3) is 0.750. The van der Waals surface area contributed by atoms with Crippen molar-refractivity contribution in [2.24, 2.45) is 5.73 Å². The molecule has 6 heteroatoms. The summed E-state index contributed by atoms with van der Waals surface area (Å²) >= 11 is 0. The van der Waals surface area contributed by atoms with E-state index < -0.39 is 18.1 Å². The molecule has 4 N–H and O–H groups in total. The maximum absolute atomic E-state index is 9.86. The van der Waals surface area contributed by atoms with Crippen LogP contribution in [0.15, 0.2) is 0 Å². The number of carboxylic acid groups (broad SMARTS) is 1. The van der Waals surface area contributed by atoms with E-state index in [4.69, 9.17) is 15.9 Å². The van der Waals surface area contributed by atoms with Gasteiger partial charge in [-0.2, -0.15) is 0 Å². The number of aliphatic hydroxyl groups excluding tert-OH is 1. The third kappa shape index (κ3) is 7.50. The van der Waals surface area contributed by atoms with Crippen LogP contribution in [0.1, 0.15) is 9.78 Å². The monoisotopic (exact) mass is 167 g/mol. The number of rotatable bonds is 2. The molecular weight excluding hydrogens is 156 g/mol. The van der Waals surface area contributed by atoms with E-state index in [1.807, 2.05) is 0 Å². The van der Waals surface area contributed by atoms with Gasteiger partial charge in [0.1, 0.15) is 6.04 Å². The largest absolute Gasteiger partial charge is 1.00 e. The van der Waals surface area contributed by atoms with Gasteiger partial charge in [0.05, 0.1) is 6.10 Å². The van der Waals surface area contributed by atoms with Crippen LogP contribution < -0.4 is 64.8 Å². The number of aliphatic carboxylic acids is 1. The quantitative estimate of drug-likeness (QED) is 0.357. The van der Waals surface area contributed by atoms with E-state index >= 15 is 0 Å². The first kappa shape index (κ1) is 17.5. The van der Waals surface area contributed by atoms with Gasteiger partial charge in [0, 0.05) is 0 Å². The molecule has 0 heterocycles. The number of carboxylic acids is 1. The Morgan fingerprint density at radius 1 is 1.60 bits per heavy atom. The van der Waals surface area contributed by atoms with Gasteiger partial charge >= 0.3 is 65.1 Å². The zero-order valence-electron chi connectivity index (χ0n) is 8.53. The molecule has 0 saturated carbocycles. The fourth-order valence-corrected chi connectivity index (χ4v) is 0.206. The Kier molecular flexibility index (Phi) is 14.8. The summed E-state index contributed by atoms with van der Waals surface area (Å²) in [5.74, 6) is -1.18. The van der Waals surface area contributed by atoms with Gasteiger partial charge in [-0.15, -0.1) is 0 Å². The summed E-state index contributed by atoms with van der Waals surface area (Å²) < 4.78 is 0. The molecule has 0 aliphatic carbocycles. The van der Waals surface area contributed by atoms with Crippen LogP contribution >= 0.6 is 0 Å². The van der Waals surface area contributed by atoms with E-state index in [-0.39, 0.29) is 62.0 Å². The Morgan fingerprint density at radius 3 is 1.90 bits per heavy atom. The number of carbonyl (C=O) groups is 1. The minimum absolute atomic E-state index is 0. The zero-order valence-corrected chi connectivity index (χ0v) is 10.5. The van der Waals surface area contributed by atoms with Crippen LogP contribution in [-0.2, 0) is 4.79 Å². The molecule has 0 aromatic rings. The van der Waals surface area contributed by atoms with Gasteiger partial charge in [0.15, 0.2) is 0 Å². The minimum Gasteiger partial charge on any atom is -1.00 e. The van der Waals surface area contributed by atoms with E-state index in [0.29, 0.717) is 0 Å². The van der Waals surface area contributed by atoms with Crippen LogP contribution in [0.3, 0.4) is 0 Å². The number of aliphatic hydroxyl groups is 1. The van der Waals surface area contributed by atoms with Crippen LogP contribution in [0, 0.1) is 0 Å². The molecule has 2 atom stereocenters.